The Kier molecular flexibility index (Phi) is 3.96. The number of hydrogen-bond acceptors (Lipinski definition) is 0. The summed E-state index contributed by atoms with van der Waals surface area (Å²) in [5, 5.41) is 3.08. The van der Waals surface area contributed by atoms with Gasteiger partial charge in [-0.3, -0.25) is 0 Å². The molecule has 0 radical (unpaired) electrons. The maximum absolute atomic E-state index is 2.57. The standard InChI is InChI=1S/C16H25NSi/c1-5-17-15-12-10-9-11-14(15)13-16(17)18(6-2,7-3)8-4/h9-13H,5-8H2,1-4H3. The maximum Gasteiger partial charge on any atom is 0.107 e. The maximum atomic E-state index is 2.57. The second-order valence-electron chi connectivity index (χ2n) is 5.17. The summed E-state index contributed by atoms with van der Waals surface area (Å²) in [6, 6.07) is 15.4. The lowest BCUT2D eigenvalue weighted by molar-refractivity contribution is 0.812. The van der Waals surface area contributed by atoms with Crippen molar-refractivity contribution in [2.45, 2.75) is 52.4 Å². The van der Waals surface area contributed by atoms with Gasteiger partial charge in [-0.2, -0.15) is 0 Å². The van der Waals surface area contributed by atoms with E-state index in [1.54, 1.807) is 5.32 Å². The van der Waals surface area contributed by atoms with E-state index in [4.69, 9.17) is 0 Å². The van der Waals surface area contributed by atoms with E-state index in [-0.39, 0.29) is 0 Å². The molecule has 1 heterocycles. The summed E-state index contributed by atoms with van der Waals surface area (Å²) >= 11 is 0. The fourth-order valence-corrected chi connectivity index (χ4v) is 7.18. The highest BCUT2D eigenvalue weighted by molar-refractivity contribution is 6.91. The van der Waals surface area contributed by atoms with E-state index in [0.717, 1.165) is 6.54 Å². The molecule has 0 fully saturated rings. The van der Waals surface area contributed by atoms with Crippen molar-refractivity contribution in [2.24, 2.45) is 0 Å². The van der Waals surface area contributed by atoms with Crippen LogP contribution in [0.15, 0.2) is 30.3 Å². The average molecular weight is 259 g/mol. The lowest BCUT2D eigenvalue weighted by Gasteiger charge is -2.29. The minimum Gasteiger partial charge on any atom is -0.349 e. The van der Waals surface area contributed by atoms with Crippen LogP contribution in [0.4, 0.5) is 0 Å². The Hall–Kier alpha value is -1.02. The van der Waals surface area contributed by atoms with Gasteiger partial charge < -0.3 is 4.57 Å². The Bertz CT molecular complexity index is 515. The van der Waals surface area contributed by atoms with Gasteiger partial charge in [-0.1, -0.05) is 57.1 Å². The summed E-state index contributed by atoms with van der Waals surface area (Å²) in [7, 11) is -1.28. The minimum absolute atomic E-state index is 1.09. The molecule has 0 saturated carbocycles. The Morgan fingerprint density at radius 1 is 0.944 bits per heavy atom. The fraction of sp³-hybridized carbons (Fsp3) is 0.500. The van der Waals surface area contributed by atoms with Crippen LogP contribution in [-0.4, -0.2) is 12.6 Å². The zero-order chi connectivity index (χ0) is 13.2. The van der Waals surface area contributed by atoms with Crippen LogP contribution < -0.4 is 5.32 Å². The van der Waals surface area contributed by atoms with Crippen LogP contribution in [0.2, 0.25) is 18.1 Å². The van der Waals surface area contributed by atoms with E-state index < -0.39 is 8.07 Å². The van der Waals surface area contributed by atoms with E-state index in [2.05, 4.69) is 62.6 Å². The first kappa shape index (κ1) is 13.4. The summed E-state index contributed by atoms with van der Waals surface area (Å²) in [4.78, 5) is 0. The first-order chi connectivity index (χ1) is 8.72. The molecule has 0 saturated heterocycles. The largest absolute Gasteiger partial charge is 0.349 e. The third kappa shape index (κ3) is 1.93. The van der Waals surface area contributed by atoms with Gasteiger partial charge in [0.25, 0.3) is 0 Å². The van der Waals surface area contributed by atoms with Crippen molar-refractivity contribution in [3.8, 4) is 0 Å². The predicted octanol–water partition coefficient (Wildman–Crippen LogP) is 4.38. The molecular weight excluding hydrogens is 234 g/mol. The van der Waals surface area contributed by atoms with Crippen LogP contribution in [0.5, 0.6) is 0 Å². The second kappa shape index (κ2) is 5.31. The molecule has 0 aliphatic carbocycles. The van der Waals surface area contributed by atoms with Crippen LogP contribution in [0.3, 0.4) is 0 Å². The Balaban J connectivity index is 2.69. The molecule has 98 valence electrons. The van der Waals surface area contributed by atoms with Crippen LogP contribution in [0.1, 0.15) is 27.7 Å². The third-order valence-corrected chi connectivity index (χ3v) is 10.3. The molecule has 0 aliphatic heterocycles. The van der Waals surface area contributed by atoms with Gasteiger partial charge in [-0.25, -0.2) is 0 Å². The van der Waals surface area contributed by atoms with E-state index in [1.165, 1.54) is 29.0 Å². The molecule has 2 aromatic rings. The molecule has 0 N–H and O–H groups in total. The number of aromatic nitrogens is 1. The lowest BCUT2D eigenvalue weighted by Crippen LogP contribution is -2.49. The van der Waals surface area contributed by atoms with Crippen molar-refractivity contribution in [1.29, 1.82) is 0 Å². The number of nitrogens with zero attached hydrogens (tertiary/aromatic N) is 1. The SMILES string of the molecule is CCn1c([Si](CC)(CC)CC)cc2ccccc21. The molecule has 0 aliphatic rings. The molecule has 2 heteroatoms. The van der Waals surface area contributed by atoms with Gasteiger partial charge in [0.1, 0.15) is 8.07 Å². The molecule has 1 aromatic heterocycles. The highest BCUT2D eigenvalue weighted by Crippen LogP contribution is 2.24. The van der Waals surface area contributed by atoms with Gasteiger partial charge in [-0.15, -0.1) is 0 Å². The van der Waals surface area contributed by atoms with Crippen LogP contribution >= 0.6 is 0 Å². The average Bonchev–Trinajstić information content (AvgIpc) is 2.80. The number of para-hydroxylation sites is 1. The van der Waals surface area contributed by atoms with E-state index in [1.807, 2.05) is 0 Å². The molecule has 0 spiro atoms. The minimum atomic E-state index is -1.28. The summed E-state index contributed by atoms with van der Waals surface area (Å²) in [6.45, 7) is 10.5. The van der Waals surface area contributed by atoms with Crippen LogP contribution in [0, 0.1) is 0 Å². The monoisotopic (exact) mass is 259 g/mol. The first-order valence-corrected chi connectivity index (χ1v) is 9.93. The second-order valence-corrected chi connectivity index (χ2v) is 10.4. The van der Waals surface area contributed by atoms with Gasteiger partial charge in [-0.05, 0) is 24.4 Å². The van der Waals surface area contributed by atoms with E-state index >= 15 is 0 Å². The number of rotatable bonds is 5. The van der Waals surface area contributed by atoms with Crippen molar-refractivity contribution < 1.29 is 0 Å². The van der Waals surface area contributed by atoms with Crippen molar-refractivity contribution >= 4 is 24.3 Å². The van der Waals surface area contributed by atoms with Crippen molar-refractivity contribution in [1.82, 2.24) is 4.57 Å². The zero-order valence-corrected chi connectivity index (χ0v) is 13.2. The smallest absolute Gasteiger partial charge is 0.107 e. The molecular formula is C16H25NSi. The van der Waals surface area contributed by atoms with Crippen LogP contribution in [0.25, 0.3) is 10.9 Å². The van der Waals surface area contributed by atoms with Gasteiger partial charge in [0.05, 0.1) is 0 Å². The van der Waals surface area contributed by atoms with Crippen LogP contribution in [-0.2, 0) is 6.54 Å². The summed E-state index contributed by atoms with van der Waals surface area (Å²) in [5.41, 5.74) is 1.42. The molecule has 2 rings (SSSR count). The highest BCUT2D eigenvalue weighted by Gasteiger charge is 2.32. The van der Waals surface area contributed by atoms with Crippen molar-refractivity contribution in [2.75, 3.05) is 0 Å². The van der Waals surface area contributed by atoms with Crippen molar-refractivity contribution in [3.05, 3.63) is 30.3 Å². The van der Waals surface area contributed by atoms with Gasteiger partial charge in [0.15, 0.2) is 0 Å². The number of fused-ring (bicyclic) bond motifs is 1. The Morgan fingerprint density at radius 3 is 2.11 bits per heavy atom. The highest BCUT2D eigenvalue weighted by atomic mass is 28.3. The predicted molar refractivity (Wildman–Crippen MR) is 84.4 cm³/mol. The van der Waals surface area contributed by atoms with E-state index in [9.17, 15) is 0 Å². The molecule has 0 atom stereocenters. The molecule has 0 amide bonds. The van der Waals surface area contributed by atoms with Gasteiger partial charge in [0.2, 0.25) is 0 Å². The quantitative estimate of drug-likeness (QED) is 0.702. The van der Waals surface area contributed by atoms with Gasteiger partial charge >= 0.3 is 0 Å². The molecule has 1 aromatic carbocycles. The molecule has 1 nitrogen and oxygen atoms in total. The summed E-state index contributed by atoms with van der Waals surface area (Å²) in [5.74, 6) is 0. The first-order valence-electron chi connectivity index (χ1n) is 7.31. The number of benzene rings is 1. The van der Waals surface area contributed by atoms with Crippen molar-refractivity contribution in [3.63, 3.8) is 0 Å². The summed E-state index contributed by atoms with van der Waals surface area (Å²) < 4.78 is 2.57. The zero-order valence-electron chi connectivity index (χ0n) is 12.2. The Labute approximate surface area is 112 Å². The molecule has 18 heavy (non-hydrogen) atoms. The topological polar surface area (TPSA) is 4.93 Å². The normalized spacial score (nSPS) is 12.2. The summed E-state index contributed by atoms with van der Waals surface area (Å²) in [6.07, 6.45) is 0. The lowest BCUT2D eigenvalue weighted by atomic mass is 10.2. The molecule has 0 bridgehead atoms. The fourth-order valence-electron chi connectivity index (χ4n) is 3.28. The molecule has 0 unspecified atom stereocenters. The third-order valence-electron chi connectivity index (χ3n) is 4.70. The van der Waals surface area contributed by atoms with E-state index in [0.29, 0.717) is 0 Å². The number of aryl methyl sites for hydroxylation is 1. The Morgan fingerprint density at radius 2 is 1.56 bits per heavy atom. The van der Waals surface area contributed by atoms with Gasteiger partial charge in [0, 0.05) is 17.4 Å². The number of hydrogen-bond donors (Lipinski definition) is 0.